The highest BCUT2D eigenvalue weighted by atomic mass is 32.2. The second kappa shape index (κ2) is 6.34. The smallest absolute Gasteiger partial charge is 0.237 e. The Bertz CT molecular complexity index is 656. The molecule has 2 aromatic carbocycles. The lowest BCUT2D eigenvalue weighted by Gasteiger charge is -2.06. The number of nitrogen functional groups attached to an aromatic ring is 1. The van der Waals surface area contributed by atoms with E-state index in [0.717, 1.165) is 5.56 Å². The van der Waals surface area contributed by atoms with Gasteiger partial charge in [-0.1, -0.05) is 18.2 Å². The maximum atomic E-state index is 12.1. The van der Waals surface area contributed by atoms with E-state index in [9.17, 15) is 9.00 Å². The second-order valence-corrected chi connectivity index (χ2v) is 5.93. The van der Waals surface area contributed by atoms with Crippen LogP contribution in [0.4, 0.5) is 11.4 Å². The van der Waals surface area contributed by atoms with Crippen molar-refractivity contribution in [3.05, 3.63) is 54.1 Å². The molecular weight excluding hydrogens is 272 g/mol. The van der Waals surface area contributed by atoms with Gasteiger partial charge in [0, 0.05) is 16.3 Å². The molecule has 1 atom stereocenters. The molecule has 2 aromatic rings. The Hall–Kier alpha value is -2.14. The van der Waals surface area contributed by atoms with Crippen LogP contribution < -0.4 is 11.1 Å². The molecule has 2 rings (SSSR count). The second-order valence-electron chi connectivity index (χ2n) is 4.48. The van der Waals surface area contributed by atoms with Crippen LogP contribution in [-0.2, 0) is 15.6 Å². The summed E-state index contributed by atoms with van der Waals surface area (Å²) >= 11 is 0. The monoisotopic (exact) mass is 288 g/mol. The van der Waals surface area contributed by atoms with Crippen molar-refractivity contribution < 1.29 is 9.00 Å². The van der Waals surface area contributed by atoms with Gasteiger partial charge in [-0.25, -0.2) is 0 Å². The van der Waals surface area contributed by atoms with Gasteiger partial charge in [-0.3, -0.25) is 9.00 Å². The van der Waals surface area contributed by atoms with Crippen LogP contribution in [0.15, 0.2) is 53.4 Å². The van der Waals surface area contributed by atoms with Gasteiger partial charge < -0.3 is 11.1 Å². The Kier molecular flexibility index (Phi) is 4.53. The summed E-state index contributed by atoms with van der Waals surface area (Å²) in [6.45, 7) is 1.94. The van der Waals surface area contributed by atoms with Crippen LogP contribution in [0.3, 0.4) is 0 Å². The molecule has 20 heavy (non-hydrogen) atoms. The van der Waals surface area contributed by atoms with Gasteiger partial charge in [0.25, 0.3) is 0 Å². The molecule has 0 bridgehead atoms. The largest absolute Gasteiger partial charge is 0.399 e. The number of nitrogens with one attached hydrogen (secondary N) is 1. The molecule has 0 aliphatic carbocycles. The highest BCUT2D eigenvalue weighted by molar-refractivity contribution is 7.85. The molecular formula is C15H16N2O2S. The maximum absolute atomic E-state index is 12.1. The van der Waals surface area contributed by atoms with Crippen LogP contribution in [0.2, 0.25) is 0 Å². The predicted octanol–water partition coefficient (Wildman–Crippen LogP) is 2.32. The summed E-state index contributed by atoms with van der Waals surface area (Å²) in [5.74, 6) is -0.367. The van der Waals surface area contributed by atoms with Crippen molar-refractivity contribution in [2.24, 2.45) is 0 Å². The van der Waals surface area contributed by atoms with Crippen LogP contribution in [0.25, 0.3) is 0 Å². The molecule has 1 unspecified atom stereocenters. The molecule has 0 spiro atoms. The average Bonchev–Trinajstić information content (AvgIpc) is 2.38. The van der Waals surface area contributed by atoms with Gasteiger partial charge in [-0.2, -0.15) is 0 Å². The van der Waals surface area contributed by atoms with Gasteiger partial charge in [0.2, 0.25) is 5.91 Å². The molecule has 0 radical (unpaired) electrons. The van der Waals surface area contributed by atoms with Crippen molar-refractivity contribution in [1.82, 2.24) is 0 Å². The summed E-state index contributed by atoms with van der Waals surface area (Å²) in [6.07, 6.45) is 0. The maximum Gasteiger partial charge on any atom is 0.237 e. The fourth-order valence-corrected chi connectivity index (χ4v) is 2.75. The number of carbonyl (C=O) groups is 1. The zero-order valence-corrected chi connectivity index (χ0v) is 11.9. The molecule has 0 fully saturated rings. The minimum Gasteiger partial charge on any atom is -0.399 e. The Morgan fingerprint density at radius 3 is 2.65 bits per heavy atom. The average molecular weight is 288 g/mol. The first kappa shape index (κ1) is 14.3. The Labute approximate surface area is 120 Å². The lowest BCUT2D eigenvalue weighted by Crippen LogP contribution is -2.19. The van der Waals surface area contributed by atoms with Crippen molar-refractivity contribution in [2.45, 2.75) is 11.8 Å². The molecule has 1 amide bonds. The van der Waals surface area contributed by atoms with Crippen molar-refractivity contribution in [2.75, 3.05) is 16.8 Å². The van der Waals surface area contributed by atoms with E-state index < -0.39 is 10.8 Å². The number of nitrogens with two attached hydrogens (primary N) is 1. The summed E-state index contributed by atoms with van der Waals surface area (Å²) in [4.78, 5) is 12.4. The summed E-state index contributed by atoms with van der Waals surface area (Å²) in [7, 11) is -1.39. The van der Waals surface area contributed by atoms with Gasteiger partial charge in [0.15, 0.2) is 0 Å². The number of benzene rings is 2. The number of rotatable bonds is 4. The zero-order valence-electron chi connectivity index (χ0n) is 11.1. The molecule has 0 aliphatic rings. The number of anilines is 2. The molecule has 0 aliphatic heterocycles. The van der Waals surface area contributed by atoms with Crippen molar-refractivity contribution >= 4 is 28.1 Å². The number of hydrogen-bond donors (Lipinski definition) is 2. The van der Waals surface area contributed by atoms with Gasteiger partial charge >= 0.3 is 0 Å². The summed E-state index contributed by atoms with van der Waals surface area (Å²) in [5.41, 5.74) is 7.93. The fourth-order valence-electron chi connectivity index (χ4n) is 1.78. The van der Waals surface area contributed by atoms with E-state index in [4.69, 9.17) is 5.73 Å². The van der Waals surface area contributed by atoms with E-state index in [-0.39, 0.29) is 11.7 Å². The summed E-state index contributed by atoms with van der Waals surface area (Å²) in [6, 6.07) is 14.2. The molecule has 0 heterocycles. The Balaban J connectivity index is 1.99. The number of amides is 1. The third-order valence-electron chi connectivity index (χ3n) is 2.69. The summed E-state index contributed by atoms with van der Waals surface area (Å²) in [5, 5.41) is 2.73. The van der Waals surface area contributed by atoms with Crippen LogP contribution in [0, 0.1) is 6.92 Å². The minimum absolute atomic E-state index is 0.0859. The fraction of sp³-hybridized carbons (Fsp3) is 0.133. The molecule has 4 nitrogen and oxygen atoms in total. The van der Waals surface area contributed by atoms with E-state index in [2.05, 4.69) is 5.32 Å². The normalized spacial score (nSPS) is 11.8. The molecule has 104 valence electrons. The number of carbonyl (C=O) groups excluding carboxylic acids is 1. The van der Waals surface area contributed by atoms with Crippen molar-refractivity contribution in [1.29, 1.82) is 0 Å². The lowest BCUT2D eigenvalue weighted by atomic mass is 10.2. The Morgan fingerprint density at radius 1 is 1.20 bits per heavy atom. The van der Waals surface area contributed by atoms with E-state index >= 15 is 0 Å². The standard InChI is InChI=1S/C15H16N2O2S/c1-11-4-2-6-13(8-11)17-15(18)10-20(19)14-7-3-5-12(16)9-14/h2-9H,10,16H2,1H3,(H,17,18). The van der Waals surface area contributed by atoms with Gasteiger partial charge in [0.1, 0.15) is 5.75 Å². The molecule has 0 aromatic heterocycles. The van der Waals surface area contributed by atoms with Crippen LogP contribution in [-0.4, -0.2) is 15.9 Å². The molecule has 0 saturated carbocycles. The zero-order chi connectivity index (χ0) is 14.5. The lowest BCUT2D eigenvalue weighted by molar-refractivity contribution is -0.113. The van der Waals surface area contributed by atoms with E-state index in [0.29, 0.717) is 16.3 Å². The van der Waals surface area contributed by atoms with Gasteiger partial charge in [0.05, 0.1) is 10.8 Å². The quantitative estimate of drug-likeness (QED) is 0.848. The van der Waals surface area contributed by atoms with Gasteiger partial charge in [-0.15, -0.1) is 0 Å². The highest BCUT2D eigenvalue weighted by Gasteiger charge is 2.10. The van der Waals surface area contributed by atoms with E-state index in [1.54, 1.807) is 30.3 Å². The molecule has 3 N–H and O–H groups in total. The van der Waals surface area contributed by atoms with Crippen LogP contribution in [0.1, 0.15) is 5.56 Å². The predicted molar refractivity (Wildman–Crippen MR) is 81.9 cm³/mol. The SMILES string of the molecule is Cc1cccc(NC(=O)CS(=O)c2cccc(N)c2)c1. The topological polar surface area (TPSA) is 72.2 Å². The summed E-state index contributed by atoms with van der Waals surface area (Å²) < 4.78 is 12.1. The van der Waals surface area contributed by atoms with E-state index in [1.165, 1.54) is 0 Å². The van der Waals surface area contributed by atoms with Crippen molar-refractivity contribution in [3.8, 4) is 0 Å². The minimum atomic E-state index is -1.39. The first-order valence-corrected chi connectivity index (χ1v) is 7.47. The van der Waals surface area contributed by atoms with Crippen molar-refractivity contribution in [3.63, 3.8) is 0 Å². The molecule has 0 saturated heterocycles. The third kappa shape index (κ3) is 3.93. The molecule has 5 heteroatoms. The van der Waals surface area contributed by atoms with Crippen LogP contribution in [0.5, 0.6) is 0 Å². The van der Waals surface area contributed by atoms with E-state index in [1.807, 2.05) is 25.1 Å². The number of aryl methyl sites for hydroxylation is 1. The first-order chi connectivity index (χ1) is 9.54. The van der Waals surface area contributed by atoms with Crippen LogP contribution >= 0.6 is 0 Å². The third-order valence-corrected chi connectivity index (χ3v) is 3.99. The highest BCUT2D eigenvalue weighted by Crippen LogP contribution is 2.13. The first-order valence-electron chi connectivity index (χ1n) is 6.15. The van der Waals surface area contributed by atoms with Gasteiger partial charge in [-0.05, 0) is 42.8 Å². The Morgan fingerprint density at radius 2 is 1.95 bits per heavy atom. The number of hydrogen-bond acceptors (Lipinski definition) is 3.